The topological polar surface area (TPSA) is 75.7 Å². The molecule has 0 spiro atoms. The average molecular weight is 377 g/mol. The van der Waals surface area contributed by atoms with E-state index in [4.69, 9.17) is 28.5 Å². The minimum absolute atomic E-state index is 0.300. The number of nitrogens with zero attached hydrogens (tertiary/aromatic N) is 1. The fourth-order valence-corrected chi connectivity index (χ4v) is 4.03. The monoisotopic (exact) mass is 377 g/mol. The van der Waals surface area contributed by atoms with Gasteiger partial charge in [0.2, 0.25) is 5.79 Å². The normalized spacial score (nSPS) is 30.6. The highest BCUT2D eigenvalue weighted by atomic mass is 16.8. The Morgan fingerprint density at radius 3 is 2.63 bits per heavy atom. The number of carbonyl (C=O) groups is 1. The summed E-state index contributed by atoms with van der Waals surface area (Å²) in [6.07, 6.45) is -0.800. The van der Waals surface area contributed by atoms with Gasteiger partial charge >= 0.3 is 5.97 Å². The van der Waals surface area contributed by atoms with E-state index in [0.29, 0.717) is 34.7 Å². The molecule has 1 aromatic rings. The molecule has 2 fully saturated rings. The fraction of sp³-hybridized carbons (Fsp3) is 0.526. The van der Waals surface area contributed by atoms with Gasteiger partial charge in [-0.05, 0) is 26.0 Å². The van der Waals surface area contributed by atoms with Gasteiger partial charge in [0.15, 0.2) is 5.79 Å². The summed E-state index contributed by atoms with van der Waals surface area (Å²) >= 11 is 0. The zero-order valence-electron chi connectivity index (χ0n) is 16.0. The van der Waals surface area contributed by atoms with Crippen molar-refractivity contribution < 1.29 is 33.3 Å². The minimum atomic E-state index is -1.26. The molecule has 8 heteroatoms. The zero-order valence-corrected chi connectivity index (χ0v) is 16.0. The van der Waals surface area contributed by atoms with Crippen LogP contribution < -0.4 is 9.80 Å². The van der Waals surface area contributed by atoms with Crippen LogP contribution in [0.1, 0.15) is 29.8 Å². The predicted octanol–water partition coefficient (Wildman–Crippen LogP) is 2.12. The lowest BCUT2D eigenvalue weighted by Gasteiger charge is -2.51. The van der Waals surface area contributed by atoms with Crippen molar-refractivity contribution in [2.24, 2.45) is 0 Å². The van der Waals surface area contributed by atoms with Gasteiger partial charge in [-0.25, -0.2) is 14.7 Å². The van der Waals surface area contributed by atoms with Gasteiger partial charge < -0.3 is 23.7 Å². The average Bonchev–Trinajstić information content (AvgIpc) is 2.98. The second kappa shape index (κ2) is 5.93. The van der Waals surface area contributed by atoms with Crippen LogP contribution in [0.4, 0.5) is 5.69 Å². The molecule has 146 valence electrons. The van der Waals surface area contributed by atoms with E-state index in [9.17, 15) is 4.79 Å². The third-order valence-electron chi connectivity index (χ3n) is 5.17. The molecule has 4 rings (SSSR count). The summed E-state index contributed by atoms with van der Waals surface area (Å²) in [5, 5.41) is 1.65. The Morgan fingerprint density at radius 2 is 2.00 bits per heavy atom. The van der Waals surface area contributed by atoms with Crippen LogP contribution in [0.2, 0.25) is 0 Å². The van der Waals surface area contributed by atoms with Gasteiger partial charge in [0.05, 0.1) is 37.6 Å². The Morgan fingerprint density at radius 1 is 1.26 bits per heavy atom. The van der Waals surface area contributed by atoms with E-state index in [1.54, 1.807) is 24.3 Å². The minimum Gasteiger partial charge on any atom is -0.496 e. The van der Waals surface area contributed by atoms with Crippen molar-refractivity contribution in [1.82, 2.24) is 0 Å². The number of rotatable bonds is 3. The van der Waals surface area contributed by atoms with Crippen molar-refractivity contribution in [3.8, 4) is 5.75 Å². The molecule has 0 aromatic heterocycles. The maximum Gasteiger partial charge on any atom is 0.338 e. The van der Waals surface area contributed by atoms with Crippen LogP contribution in [0.25, 0.3) is 5.57 Å². The largest absolute Gasteiger partial charge is 0.496 e. The smallest absolute Gasteiger partial charge is 0.338 e. The fourth-order valence-electron chi connectivity index (χ4n) is 4.03. The SMILES string of the molecule is C=C1c2c(OC)cc(C(=O)OC)cc2N2C[C@@H]3OC(C)(C)O[C@@H]3[C@]1(OC)O2. The molecule has 0 unspecified atom stereocenters. The van der Waals surface area contributed by atoms with Crippen LogP contribution in [0.15, 0.2) is 18.7 Å². The van der Waals surface area contributed by atoms with Crippen molar-refractivity contribution in [3.05, 3.63) is 29.8 Å². The Hall–Kier alpha value is -2.13. The van der Waals surface area contributed by atoms with E-state index in [1.807, 2.05) is 13.8 Å². The lowest BCUT2D eigenvalue weighted by atomic mass is 9.86. The van der Waals surface area contributed by atoms with E-state index < -0.39 is 23.6 Å². The highest BCUT2D eigenvalue weighted by Crippen LogP contribution is 2.54. The number of anilines is 1. The maximum absolute atomic E-state index is 12.1. The number of ether oxygens (including phenoxy) is 5. The summed E-state index contributed by atoms with van der Waals surface area (Å²) in [7, 11) is 4.41. The summed E-state index contributed by atoms with van der Waals surface area (Å²) in [6, 6.07) is 3.31. The van der Waals surface area contributed by atoms with E-state index in [0.717, 1.165) is 0 Å². The van der Waals surface area contributed by atoms with Gasteiger partial charge in [0.1, 0.15) is 18.0 Å². The highest BCUT2D eigenvalue weighted by molar-refractivity contribution is 5.95. The molecule has 0 amide bonds. The standard InChI is InChI=1S/C19H23NO7/c1-10-15-12(7-11(17(21)23-5)8-13(15)22-4)20-9-14-16(19(10,24-6)27-20)26-18(2,3)25-14/h7-8,14,16H,1,9H2,2-6H3/t14-,16-,19+/m0/s1. The Balaban J connectivity index is 1.89. The van der Waals surface area contributed by atoms with E-state index in [1.165, 1.54) is 14.2 Å². The first-order chi connectivity index (χ1) is 12.8. The molecule has 3 atom stereocenters. The molecular weight excluding hydrogens is 354 g/mol. The molecule has 0 aliphatic carbocycles. The third kappa shape index (κ3) is 2.48. The number of hydroxylamine groups is 1. The molecule has 3 heterocycles. The van der Waals surface area contributed by atoms with Crippen LogP contribution in [-0.2, 0) is 23.8 Å². The third-order valence-corrected chi connectivity index (χ3v) is 5.17. The Bertz CT molecular complexity index is 821. The number of methoxy groups -OCH3 is 3. The summed E-state index contributed by atoms with van der Waals surface area (Å²) < 4.78 is 28.3. The quantitative estimate of drug-likeness (QED) is 0.742. The van der Waals surface area contributed by atoms with Crippen molar-refractivity contribution >= 4 is 17.2 Å². The summed E-state index contributed by atoms with van der Waals surface area (Å²) in [4.78, 5) is 18.3. The van der Waals surface area contributed by atoms with Gasteiger partial charge in [-0.15, -0.1) is 0 Å². The lowest BCUT2D eigenvalue weighted by Crippen LogP contribution is -2.64. The van der Waals surface area contributed by atoms with E-state index >= 15 is 0 Å². The van der Waals surface area contributed by atoms with Gasteiger partial charge in [-0.1, -0.05) is 6.58 Å². The van der Waals surface area contributed by atoms with Gasteiger partial charge in [0.25, 0.3) is 0 Å². The molecule has 27 heavy (non-hydrogen) atoms. The molecule has 0 saturated carbocycles. The molecule has 3 aliphatic heterocycles. The second-order valence-electron chi connectivity index (χ2n) is 7.16. The van der Waals surface area contributed by atoms with E-state index in [-0.39, 0.29) is 6.10 Å². The van der Waals surface area contributed by atoms with Crippen LogP contribution >= 0.6 is 0 Å². The highest BCUT2D eigenvalue weighted by Gasteiger charge is 2.63. The summed E-state index contributed by atoms with van der Waals surface area (Å²) in [5.74, 6) is -2.04. The number of esters is 1. The van der Waals surface area contributed by atoms with Gasteiger partial charge in [-0.2, -0.15) is 0 Å². The van der Waals surface area contributed by atoms with Gasteiger partial charge in [-0.3, -0.25) is 0 Å². The molecule has 2 saturated heterocycles. The summed E-state index contributed by atoms with van der Waals surface area (Å²) in [5.41, 5.74) is 2.23. The van der Waals surface area contributed by atoms with Crippen LogP contribution in [-0.4, -0.2) is 57.6 Å². The van der Waals surface area contributed by atoms with Crippen molar-refractivity contribution in [1.29, 1.82) is 0 Å². The Labute approximate surface area is 157 Å². The van der Waals surface area contributed by atoms with Gasteiger partial charge in [0, 0.05) is 12.7 Å². The lowest BCUT2D eigenvalue weighted by molar-refractivity contribution is -0.271. The molecule has 8 nitrogen and oxygen atoms in total. The van der Waals surface area contributed by atoms with Crippen molar-refractivity contribution in [3.63, 3.8) is 0 Å². The first-order valence-electron chi connectivity index (χ1n) is 8.64. The first kappa shape index (κ1) is 18.2. The molecular formula is C19H23NO7. The van der Waals surface area contributed by atoms with E-state index in [2.05, 4.69) is 6.58 Å². The zero-order chi connectivity index (χ0) is 19.6. The number of hydrogen-bond acceptors (Lipinski definition) is 8. The summed E-state index contributed by atoms with van der Waals surface area (Å²) in [6.45, 7) is 8.31. The Kier molecular flexibility index (Phi) is 4.01. The number of carbonyl (C=O) groups excluding carboxylic acids is 1. The molecule has 1 aromatic carbocycles. The predicted molar refractivity (Wildman–Crippen MR) is 95.4 cm³/mol. The number of hydrogen-bond donors (Lipinski definition) is 0. The molecule has 3 aliphatic rings. The molecule has 2 bridgehead atoms. The van der Waals surface area contributed by atoms with Crippen LogP contribution in [0.5, 0.6) is 5.75 Å². The molecule has 0 radical (unpaired) electrons. The molecule has 0 N–H and O–H groups in total. The number of fused-ring (bicyclic) bond motifs is 6. The van der Waals surface area contributed by atoms with Crippen LogP contribution in [0.3, 0.4) is 0 Å². The van der Waals surface area contributed by atoms with Crippen molar-refractivity contribution in [2.75, 3.05) is 32.9 Å². The first-order valence-corrected chi connectivity index (χ1v) is 8.64. The number of benzene rings is 1. The second-order valence-corrected chi connectivity index (χ2v) is 7.16. The van der Waals surface area contributed by atoms with Crippen molar-refractivity contribution in [2.45, 2.75) is 37.6 Å². The maximum atomic E-state index is 12.1. The van der Waals surface area contributed by atoms with Crippen LogP contribution in [0, 0.1) is 0 Å².